The van der Waals surface area contributed by atoms with Gasteiger partial charge in [0.15, 0.2) is 0 Å². The maximum absolute atomic E-state index is 10.5. The normalized spacial score (nSPS) is 51.7. The van der Waals surface area contributed by atoms with Gasteiger partial charge in [0.25, 0.3) is 0 Å². The van der Waals surface area contributed by atoms with Crippen molar-refractivity contribution in [3.63, 3.8) is 0 Å². The topological polar surface area (TPSA) is 29.5 Å². The second kappa shape index (κ2) is 4.22. The van der Waals surface area contributed by atoms with Crippen molar-refractivity contribution in [1.82, 2.24) is 0 Å². The SMILES string of the molecule is CC1(C)[C@@H]2CC=C(CBr)[C@]13C[C@H](O)[C@@](C)(Cl)C[C@@H]3O2. The average Bonchev–Trinajstić information content (AvgIpc) is 2.46. The number of rotatable bonds is 1. The summed E-state index contributed by atoms with van der Waals surface area (Å²) in [4.78, 5) is -0.569. The quantitative estimate of drug-likeness (QED) is 0.578. The van der Waals surface area contributed by atoms with Crippen LogP contribution in [-0.4, -0.2) is 33.6 Å². The maximum atomic E-state index is 10.5. The Hall–Kier alpha value is 0.430. The zero-order valence-electron chi connectivity index (χ0n) is 11.7. The molecule has 4 heteroatoms. The third kappa shape index (κ3) is 1.68. The molecule has 5 atom stereocenters. The van der Waals surface area contributed by atoms with E-state index >= 15 is 0 Å². The van der Waals surface area contributed by atoms with Crippen LogP contribution < -0.4 is 0 Å². The molecule has 0 aromatic rings. The highest BCUT2D eigenvalue weighted by Crippen LogP contribution is 2.66. The summed E-state index contributed by atoms with van der Waals surface area (Å²) in [7, 11) is 0. The number of hydrogen-bond donors (Lipinski definition) is 1. The summed E-state index contributed by atoms with van der Waals surface area (Å²) < 4.78 is 6.34. The molecular weight excluding hydrogens is 328 g/mol. The molecule has 1 heterocycles. The monoisotopic (exact) mass is 348 g/mol. The first-order valence-electron chi connectivity index (χ1n) is 7.03. The van der Waals surface area contributed by atoms with E-state index in [1.807, 2.05) is 6.92 Å². The van der Waals surface area contributed by atoms with Crippen LogP contribution in [0.1, 0.15) is 40.0 Å². The van der Waals surface area contributed by atoms with Crippen LogP contribution in [0.5, 0.6) is 0 Å². The Kier molecular flexibility index (Phi) is 3.19. The van der Waals surface area contributed by atoms with Crippen LogP contribution in [0.4, 0.5) is 0 Å². The van der Waals surface area contributed by atoms with Gasteiger partial charge in [-0.3, -0.25) is 0 Å². The lowest BCUT2D eigenvalue weighted by molar-refractivity contribution is -0.0503. The smallest absolute Gasteiger partial charge is 0.0739 e. The van der Waals surface area contributed by atoms with Crippen LogP contribution in [0.15, 0.2) is 11.6 Å². The molecule has 0 aromatic carbocycles. The molecule has 2 nitrogen and oxygen atoms in total. The van der Waals surface area contributed by atoms with Gasteiger partial charge < -0.3 is 9.84 Å². The van der Waals surface area contributed by atoms with E-state index in [0.29, 0.717) is 6.42 Å². The summed E-state index contributed by atoms with van der Waals surface area (Å²) >= 11 is 10.1. The summed E-state index contributed by atoms with van der Waals surface area (Å²) in [6.45, 7) is 6.51. The van der Waals surface area contributed by atoms with Crippen LogP contribution in [-0.2, 0) is 4.74 Å². The molecule has 3 aliphatic rings. The molecule has 2 aliphatic carbocycles. The molecule has 0 unspecified atom stereocenters. The van der Waals surface area contributed by atoms with Crippen molar-refractivity contribution in [3.05, 3.63) is 11.6 Å². The highest BCUT2D eigenvalue weighted by molar-refractivity contribution is 9.09. The minimum Gasteiger partial charge on any atom is -0.391 e. The lowest BCUT2D eigenvalue weighted by Crippen LogP contribution is -2.57. The molecule has 2 fully saturated rings. The molecular formula is C15H22BrClO2. The summed E-state index contributed by atoms with van der Waals surface area (Å²) in [5.41, 5.74) is 1.39. The zero-order valence-corrected chi connectivity index (χ0v) is 14.1. The molecule has 0 amide bonds. The van der Waals surface area contributed by atoms with Gasteiger partial charge in [-0.05, 0) is 26.2 Å². The Bertz CT molecular complexity index is 432. The van der Waals surface area contributed by atoms with E-state index in [0.717, 1.165) is 18.2 Å². The Morgan fingerprint density at radius 2 is 2.05 bits per heavy atom. The third-order valence-corrected chi connectivity index (χ3v) is 6.93. The molecule has 0 radical (unpaired) electrons. The van der Waals surface area contributed by atoms with E-state index in [2.05, 4.69) is 35.9 Å². The van der Waals surface area contributed by atoms with E-state index in [9.17, 15) is 5.11 Å². The average molecular weight is 350 g/mol. The van der Waals surface area contributed by atoms with E-state index in [1.165, 1.54) is 5.57 Å². The van der Waals surface area contributed by atoms with Gasteiger partial charge in [-0.25, -0.2) is 0 Å². The molecule has 1 saturated carbocycles. The van der Waals surface area contributed by atoms with Crippen molar-refractivity contribution in [2.24, 2.45) is 10.8 Å². The van der Waals surface area contributed by atoms with Crippen LogP contribution in [0, 0.1) is 10.8 Å². The Morgan fingerprint density at radius 1 is 1.37 bits per heavy atom. The molecule has 1 aliphatic heterocycles. The fourth-order valence-electron chi connectivity index (χ4n) is 4.53. The van der Waals surface area contributed by atoms with E-state index in [-0.39, 0.29) is 23.0 Å². The minimum atomic E-state index is -0.569. The standard InChI is InChI=1S/C15H22BrClO2/c1-13(2)11-5-4-9(8-16)15(13)6-10(18)14(3,17)7-12(15)19-11/h4,10-12,18H,5-8H2,1-3H3/t10-,11-,12-,14-,15-/m0/s1. The fraction of sp³-hybridized carbons (Fsp3) is 0.867. The lowest BCUT2D eigenvalue weighted by Gasteiger charge is -2.54. The summed E-state index contributed by atoms with van der Waals surface area (Å²) in [5, 5.41) is 11.4. The second-order valence-electron chi connectivity index (χ2n) is 7.11. The van der Waals surface area contributed by atoms with Crippen molar-refractivity contribution >= 4 is 27.5 Å². The van der Waals surface area contributed by atoms with E-state index < -0.39 is 11.0 Å². The minimum absolute atomic E-state index is 0.0594. The number of hydrogen-bond acceptors (Lipinski definition) is 2. The van der Waals surface area contributed by atoms with Gasteiger partial charge in [0.05, 0.1) is 23.2 Å². The number of alkyl halides is 2. The van der Waals surface area contributed by atoms with Crippen molar-refractivity contribution < 1.29 is 9.84 Å². The van der Waals surface area contributed by atoms with E-state index in [4.69, 9.17) is 16.3 Å². The van der Waals surface area contributed by atoms with Crippen molar-refractivity contribution in [3.8, 4) is 0 Å². The van der Waals surface area contributed by atoms with Gasteiger partial charge in [-0.2, -0.15) is 0 Å². The molecule has 19 heavy (non-hydrogen) atoms. The first kappa shape index (κ1) is 14.4. The van der Waals surface area contributed by atoms with Crippen LogP contribution in [0.25, 0.3) is 0 Å². The van der Waals surface area contributed by atoms with Gasteiger partial charge in [-0.15, -0.1) is 11.6 Å². The molecule has 0 aromatic heterocycles. The number of halogens is 2. The fourth-order valence-corrected chi connectivity index (χ4v) is 5.47. The number of ether oxygens (including phenoxy) is 1. The maximum Gasteiger partial charge on any atom is 0.0739 e. The number of fused-ring (bicyclic) bond motifs is 1. The third-order valence-electron chi connectivity index (χ3n) is 5.92. The molecule has 1 saturated heterocycles. The summed E-state index contributed by atoms with van der Waals surface area (Å²) in [6, 6.07) is 0. The highest BCUT2D eigenvalue weighted by Gasteiger charge is 2.68. The van der Waals surface area contributed by atoms with E-state index in [1.54, 1.807) is 0 Å². The van der Waals surface area contributed by atoms with Crippen LogP contribution in [0.2, 0.25) is 0 Å². The van der Waals surface area contributed by atoms with Crippen molar-refractivity contribution in [2.75, 3.05) is 5.33 Å². The van der Waals surface area contributed by atoms with Gasteiger partial charge in [0.2, 0.25) is 0 Å². The Labute approximate surface area is 128 Å². The van der Waals surface area contributed by atoms with Gasteiger partial charge >= 0.3 is 0 Å². The molecule has 2 bridgehead atoms. The molecule has 1 spiro atoms. The van der Waals surface area contributed by atoms with Crippen molar-refractivity contribution in [2.45, 2.75) is 63.2 Å². The largest absolute Gasteiger partial charge is 0.391 e. The first-order chi connectivity index (χ1) is 8.75. The second-order valence-corrected chi connectivity index (χ2v) is 8.53. The molecule has 3 rings (SSSR count). The molecule has 1 N–H and O–H groups in total. The number of aliphatic hydroxyl groups excluding tert-OH is 1. The predicted octanol–water partition coefficient (Wildman–Crippen LogP) is 3.64. The lowest BCUT2D eigenvalue weighted by atomic mass is 9.50. The van der Waals surface area contributed by atoms with Gasteiger partial charge in [-0.1, -0.05) is 41.4 Å². The summed E-state index contributed by atoms with van der Waals surface area (Å²) in [5.74, 6) is 0. The zero-order chi connectivity index (χ0) is 14.1. The van der Waals surface area contributed by atoms with Crippen molar-refractivity contribution in [1.29, 1.82) is 0 Å². The Balaban J connectivity index is 2.11. The highest BCUT2D eigenvalue weighted by atomic mass is 79.9. The predicted molar refractivity (Wildman–Crippen MR) is 80.9 cm³/mol. The number of aliphatic hydroxyl groups is 1. The Morgan fingerprint density at radius 3 is 2.68 bits per heavy atom. The van der Waals surface area contributed by atoms with Crippen LogP contribution >= 0.6 is 27.5 Å². The van der Waals surface area contributed by atoms with Crippen LogP contribution in [0.3, 0.4) is 0 Å². The first-order valence-corrected chi connectivity index (χ1v) is 8.53. The molecule has 108 valence electrons. The van der Waals surface area contributed by atoms with Gasteiger partial charge in [0.1, 0.15) is 0 Å². The summed E-state index contributed by atoms with van der Waals surface area (Å²) in [6.07, 6.45) is 4.61. The van der Waals surface area contributed by atoms with Gasteiger partial charge in [0, 0.05) is 16.2 Å².